The number of rotatable bonds is 8. The quantitative estimate of drug-likeness (QED) is 0.133. The molecule has 0 aliphatic carbocycles. The molecule has 0 spiro atoms. The summed E-state index contributed by atoms with van der Waals surface area (Å²) >= 11 is 0. The largest absolute Gasteiger partial charge is 0.507 e. The summed E-state index contributed by atoms with van der Waals surface area (Å²) in [6.45, 7) is 15.9. The highest BCUT2D eigenvalue weighted by atomic mass is 35.5. The Hall–Kier alpha value is -6.09. The van der Waals surface area contributed by atoms with Crippen molar-refractivity contribution >= 4 is 57.7 Å². The van der Waals surface area contributed by atoms with Crippen LogP contribution in [0.1, 0.15) is 38.8 Å². The summed E-state index contributed by atoms with van der Waals surface area (Å²) in [7, 11) is 0. The molecule has 14 nitrogen and oxygen atoms in total. The Morgan fingerprint density at radius 2 is 0.873 bits per heavy atom. The number of amides is 2. The number of anilines is 2. The molecule has 8 rings (SSSR count). The predicted octanol–water partition coefficient (Wildman–Crippen LogP) is 6.37. The highest BCUT2D eigenvalue weighted by Gasteiger charge is 2.31. The number of fused-ring (bicyclic) bond motifs is 2. The van der Waals surface area contributed by atoms with Gasteiger partial charge in [-0.15, -0.1) is 12.4 Å². The molecule has 4 N–H and O–H groups in total. The summed E-state index contributed by atoms with van der Waals surface area (Å²) in [4.78, 5) is 51.8. The maximum absolute atomic E-state index is 12.5. The Morgan fingerprint density at radius 1 is 0.524 bits per heavy atom. The van der Waals surface area contributed by atoms with Crippen LogP contribution in [0.2, 0.25) is 0 Å². The van der Waals surface area contributed by atoms with Gasteiger partial charge in [-0.1, -0.05) is 64.1 Å². The fraction of sp³-hybridized carbons (Fsp3) is 0.375. The molecule has 63 heavy (non-hydrogen) atoms. The van der Waals surface area contributed by atoms with Gasteiger partial charge in [0.15, 0.2) is 11.6 Å². The SMILES string of the molecule is Cc1ccc2c(N3CCN(C(=O)C(O)C(C)C)CC3)nc(-c3ccccc3O)nc2c1.Cc1ccc2c(N3CCN(C(=O)C(O)C(C)C)CC3)nc(-c3ccccc3O)nc2c1.Cl. The minimum absolute atomic E-state index is 0. The number of para-hydroxylation sites is 2. The van der Waals surface area contributed by atoms with E-state index in [1.54, 1.807) is 46.2 Å². The molecule has 0 saturated carbocycles. The van der Waals surface area contributed by atoms with E-state index in [1.807, 2.05) is 90.1 Å². The maximum Gasteiger partial charge on any atom is 0.251 e. The molecule has 2 aromatic heterocycles. The van der Waals surface area contributed by atoms with Crippen molar-refractivity contribution in [3.05, 3.63) is 96.1 Å². The number of piperazine rings is 2. The average Bonchev–Trinajstić information content (AvgIpc) is 3.27. The summed E-state index contributed by atoms with van der Waals surface area (Å²) in [5.41, 5.74) is 4.99. The first-order valence-corrected chi connectivity index (χ1v) is 21.3. The lowest BCUT2D eigenvalue weighted by molar-refractivity contribution is -0.143. The third-order valence-corrected chi connectivity index (χ3v) is 11.5. The summed E-state index contributed by atoms with van der Waals surface area (Å²) in [6, 6.07) is 26.3. The van der Waals surface area contributed by atoms with Crippen LogP contribution < -0.4 is 9.80 Å². The molecule has 2 saturated heterocycles. The van der Waals surface area contributed by atoms with E-state index >= 15 is 0 Å². The molecule has 332 valence electrons. The standard InChI is InChI=1S/2C24H28N4O3.ClH/c2*1-15(2)21(30)24(31)28-12-10-27(11-13-28)23-17-9-8-16(3)14-19(17)25-22(26-23)18-6-4-5-7-20(18)29;/h2*4-9,14-15,21,29-30H,10-13H2,1-3H3;1H. The number of nitrogens with zero attached hydrogens (tertiary/aromatic N) is 8. The number of benzene rings is 4. The lowest BCUT2D eigenvalue weighted by Crippen LogP contribution is -2.52. The van der Waals surface area contributed by atoms with E-state index in [0.717, 1.165) is 44.6 Å². The van der Waals surface area contributed by atoms with Crippen LogP contribution in [0.4, 0.5) is 11.6 Å². The monoisotopic (exact) mass is 876 g/mol. The Kier molecular flexibility index (Phi) is 14.7. The third-order valence-electron chi connectivity index (χ3n) is 11.5. The number of hydrogen-bond donors (Lipinski definition) is 4. The molecular weight excluding hydrogens is 820 g/mol. The lowest BCUT2D eigenvalue weighted by atomic mass is 10.1. The number of aromatic nitrogens is 4. The fourth-order valence-electron chi connectivity index (χ4n) is 7.72. The Bertz CT molecular complexity index is 2400. The first-order chi connectivity index (χ1) is 29.7. The van der Waals surface area contributed by atoms with E-state index in [4.69, 9.17) is 19.9 Å². The van der Waals surface area contributed by atoms with Gasteiger partial charge < -0.3 is 40.0 Å². The van der Waals surface area contributed by atoms with E-state index in [2.05, 4.69) is 9.80 Å². The smallest absolute Gasteiger partial charge is 0.251 e. The number of aryl methyl sites for hydroxylation is 2. The zero-order chi connectivity index (χ0) is 44.2. The van der Waals surface area contributed by atoms with Crippen molar-refractivity contribution in [2.45, 2.75) is 53.8 Å². The topological polar surface area (TPSA) is 180 Å². The number of hydrogen-bond acceptors (Lipinski definition) is 12. The highest BCUT2D eigenvalue weighted by molar-refractivity contribution is 5.93. The van der Waals surface area contributed by atoms with Gasteiger partial charge in [0.25, 0.3) is 11.8 Å². The van der Waals surface area contributed by atoms with Gasteiger partial charge in [-0.05, 0) is 85.3 Å². The number of phenols is 2. The van der Waals surface area contributed by atoms with Gasteiger partial charge >= 0.3 is 0 Å². The van der Waals surface area contributed by atoms with E-state index in [0.29, 0.717) is 75.1 Å². The molecule has 2 amide bonds. The van der Waals surface area contributed by atoms with Crippen molar-refractivity contribution < 1.29 is 30.0 Å². The van der Waals surface area contributed by atoms with Gasteiger partial charge in [-0.2, -0.15) is 0 Å². The Morgan fingerprint density at radius 3 is 1.21 bits per heavy atom. The fourth-order valence-corrected chi connectivity index (χ4v) is 7.72. The molecule has 4 aromatic carbocycles. The Balaban J connectivity index is 0.000000206. The van der Waals surface area contributed by atoms with E-state index in [1.165, 1.54) is 0 Å². The number of aromatic hydroxyl groups is 2. The number of aliphatic hydroxyl groups excluding tert-OH is 2. The van der Waals surface area contributed by atoms with Crippen LogP contribution in [0.15, 0.2) is 84.9 Å². The molecular formula is C48H57ClN8O6. The molecule has 0 radical (unpaired) electrons. The van der Waals surface area contributed by atoms with E-state index in [9.17, 15) is 30.0 Å². The zero-order valence-electron chi connectivity index (χ0n) is 36.6. The lowest BCUT2D eigenvalue weighted by Gasteiger charge is -2.37. The summed E-state index contributed by atoms with van der Waals surface area (Å²) in [5, 5.41) is 42.8. The number of phenolic OH excluding ortho intramolecular Hbond substituents is 2. The molecule has 2 atom stereocenters. The number of aliphatic hydroxyl groups is 2. The first-order valence-electron chi connectivity index (χ1n) is 21.3. The second-order valence-electron chi connectivity index (χ2n) is 16.8. The Labute approximate surface area is 374 Å². The third kappa shape index (κ3) is 10.2. The minimum Gasteiger partial charge on any atom is -0.507 e. The predicted molar refractivity (Wildman–Crippen MR) is 249 cm³/mol. The molecule has 4 heterocycles. The van der Waals surface area contributed by atoms with Gasteiger partial charge in [0, 0.05) is 63.1 Å². The zero-order valence-corrected chi connectivity index (χ0v) is 37.5. The van der Waals surface area contributed by atoms with Crippen molar-refractivity contribution in [1.82, 2.24) is 29.7 Å². The normalized spacial score (nSPS) is 15.3. The molecule has 2 unspecified atom stereocenters. The number of carbonyl (C=O) groups is 2. The van der Waals surface area contributed by atoms with Crippen molar-refractivity contribution in [3.63, 3.8) is 0 Å². The van der Waals surface area contributed by atoms with Crippen LogP contribution >= 0.6 is 12.4 Å². The average molecular weight is 877 g/mol. The van der Waals surface area contributed by atoms with Crippen molar-refractivity contribution in [1.29, 1.82) is 0 Å². The molecule has 6 aromatic rings. The van der Waals surface area contributed by atoms with Crippen LogP contribution in [0.5, 0.6) is 11.5 Å². The second-order valence-corrected chi connectivity index (χ2v) is 16.8. The molecule has 2 aliphatic heterocycles. The van der Waals surface area contributed by atoms with E-state index < -0.39 is 12.2 Å². The van der Waals surface area contributed by atoms with Gasteiger partial charge in [0.2, 0.25) is 0 Å². The van der Waals surface area contributed by atoms with Crippen LogP contribution in [0, 0.1) is 25.7 Å². The maximum atomic E-state index is 12.5. The van der Waals surface area contributed by atoms with Crippen LogP contribution in [0.3, 0.4) is 0 Å². The van der Waals surface area contributed by atoms with Crippen molar-refractivity contribution in [2.75, 3.05) is 62.2 Å². The van der Waals surface area contributed by atoms with Gasteiger partial charge in [-0.3, -0.25) is 9.59 Å². The van der Waals surface area contributed by atoms with Crippen LogP contribution in [0.25, 0.3) is 44.6 Å². The molecule has 2 aliphatic rings. The molecule has 15 heteroatoms. The van der Waals surface area contributed by atoms with Crippen LogP contribution in [-0.4, -0.2) is 127 Å². The number of carbonyl (C=O) groups excluding carboxylic acids is 2. The van der Waals surface area contributed by atoms with Gasteiger partial charge in [-0.25, -0.2) is 19.9 Å². The van der Waals surface area contributed by atoms with Crippen molar-refractivity contribution in [3.8, 4) is 34.3 Å². The minimum atomic E-state index is -0.970. The summed E-state index contributed by atoms with van der Waals surface area (Å²) in [6.07, 6.45) is -1.94. The van der Waals surface area contributed by atoms with Gasteiger partial charge in [0.05, 0.1) is 22.2 Å². The highest BCUT2D eigenvalue weighted by Crippen LogP contribution is 2.34. The first kappa shape index (κ1) is 46.4. The second kappa shape index (κ2) is 20.0. The van der Waals surface area contributed by atoms with Crippen molar-refractivity contribution in [2.24, 2.45) is 11.8 Å². The van der Waals surface area contributed by atoms with Crippen LogP contribution in [-0.2, 0) is 9.59 Å². The summed E-state index contributed by atoms with van der Waals surface area (Å²) < 4.78 is 0. The molecule has 2 fully saturated rings. The van der Waals surface area contributed by atoms with E-state index in [-0.39, 0.29) is 47.6 Å². The summed E-state index contributed by atoms with van der Waals surface area (Å²) in [5.74, 6) is 2.15. The number of halogens is 1. The van der Waals surface area contributed by atoms with Gasteiger partial charge in [0.1, 0.15) is 35.3 Å². The molecule has 0 bridgehead atoms.